The van der Waals surface area contributed by atoms with Gasteiger partial charge in [0.1, 0.15) is 0 Å². The van der Waals surface area contributed by atoms with Crippen molar-refractivity contribution < 1.29 is 13.2 Å². The summed E-state index contributed by atoms with van der Waals surface area (Å²) in [6, 6.07) is 6.24. The molecule has 2 amide bonds. The third kappa shape index (κ3) is 2.33. The Morgan fingerprint density at radius 3 is 2.12 bits per heavy atom. The maximum absolute atomic E-state index is 12.0. The molecule has 0 bridgehead atoms. The van der Waals surface area contributed by atoms with Gasteiger partial charge < -0.3 is 5.73 Å². The van der Waals surface area contributed by atoms with E-state index >= 15 is 0 Å². The van der Waals surface area contributed by atoms with Crippen LogP contribution in [0.25, 0.3) is 0 Å². The smallest absolute Gasteiger partial charge is 0.328 e. The lowest BCUT2D eigenvalue weighted by Crippen LogP contribution is -2.44. The van der Waals surface area contributed by atoms with Crippen LogP contribution in [0.4, 0.5) is 4.79 Å². The molecule has 0 spiro atoms. The second-order valence-corrected chi connectivity index (χ2v) is 5.36. The molecular weight excluding hydrogens is 228 g/mol. The van der Waals surface area contributed by atoms with Crippen LogP contribution >= 0.6 is 0 Å². The number of rotatable bonds is 3. The molecule has 0 radical (unpaired) electrons. The van der Waals surface area contributed by atoms with Gasteiger partial charge in [0, 0.05) is 6.04 Å². The quantitative estimate of drug-likeness (QED) is 0.863. The first-order valence-electron chi connectivity index (χ1n) is 4.76. The van der Waals surface area contributed by atoms with Crippen molar-refractivity contribution in [3.8, 4) is 0 Å². The summed E-state index contributed by atoms with van der Waals surface area (Å²) in [6.07, 6.45) is 0. The van der Waals surface area contributed by atoms with Crippen molar-refractivity contribution in [3.05, 3.63) is 30.3 Å². The summed E-state index contributed by atoms with van der Waals surface area (Å²) in [6.45, 7) is 3.18. The van der Waals surface area contributed by atoms with E-state index in [1.807, 2.05) is 0 Å². The van der Waals surface area contributed by atoms with Crippen LogP contribution in [0.3, 0.4) is 0 Å². The van der Waals surface area contributed by atoms with Crippen LogP contribution in [0.1, 0.15) is 13.8 Å². The van der Waals surface area contributed by atoms with E-state index in [-0.39, 0.29) is 4.90 Å². The van der Waals surface area contributed by atoms with Gasteiger partial charge in [-0.1, -0.05) is 18.2 Å². The molecule has 1 aromatic carbocycles. The van der Waals surface area contributed by atoms with Crippen LogP contribution in [-0.2, 0) is 10.0 Å². The molecule has 0 atom stereocenters. The first kappa shape index (κ1) is 12.5. The van der Waals surface area contributed by atoms with Gasteiger partial charge in [-0.05, 0) is 26.0 Å². The monoisotopic (exact) mass is 242 g/mol. The second-order valence-electron chi connectivity index (χ2n) is 3.55. The molecule has 1 aromatic rings. The Labute approximate surface area is 94.9 Å². The topological polar surface area (TPSA) is 80.5 Å². The lowest BCUT2D eigenvalue weighted by Gasteiger charge is -2.23. The average molecular weight is 242 g/mol. The van der Waals surface area contributed by atoms with Crippen molar-refractivity contribution in [2.75, 3.05) is 0 Å². The Kier molecular flexibility index (Phi) is 3.54. The van der Waals surface area contributed by atoms with Crippen molar-refractivity contribution in [1.29, 1.82) is 0 Å². The van der Waals surface area contributed by atoms with E-state index in [1.165, 1.54) is 12.1 Å². The van der Waals surface area contributed by atoms with E-state index in [0.29, 0.717) is 4.31 Å². The zero-order chi connectivity index (χ0) is 12.3. The SMILES string of the molecule is CC(C)N(C(N)=O)S(=O)(=O)c1ccccc1. The third-order valence-electron chi connectivity index (χ3n) is 1.99. The average Bonchev–Trinajstić information content (AvgIpc) is 2.17. The molecule has 0 saturated carbocycles. The van der Waals surface area contributed by atoms with Crippen molar-refractivity contribution in [2.24, 2.45) is 5.73 Å². The number of sulfonamides is 1. The Balaban J connectivity index is 3.25. The van der Waals surface area contributed by atoms with Gasteiger partial charge in [0.25, 0.3) is 10.0 Å². The fourth-order valence-corrected chi connectivity index (χ4v) is 2.88. The summed E-state index contributed by atoms with van der Waals surface area (Å²) in [4.78, 5) is 11.2. The summed E-state index contributed by atoms with van der Waals surface area (Å²) in [7, 11) is -3.84. The molecule has 0 saturated heterocycles. The predicted octanol–water partition coefficient (Wildman–Crippen LogP) is 1.16. The molecule has 5 nitrogen and oxygen atoms in total. The van der Waals surface area contributed by atoms with Crippen molar-refractivity contribution in [1.82, 2.24) is 4.31 Å². The molecule has 0 aliphatic rings. The minimum Gasteiger partial charge on any atom is -0.351 e. The Hall–Kier alpha value is -1.56. The fourth-order valence-electron chi connectivity index (χ4n) is 1.36. The third-order valence-corrected chi connectivity index (χ3v) is 3.97. The number of nitrogens with two attached hydrogens (primary N) is 1. The number of hydrogen-bond donors (Lipinski definition) is 1. The van der Waals surface area contributed by atoms with Crippen molar-refractivity contribution in [2.45, 2.75) is 24.8 Å². The van der Waals surface area contributed by atoms with Gasteiger partial charge >= 0.3 is 6.03 Å². The van der Waals surface area contributed by atoms with Crippen LogP contribution < -0.4 is 5.73 Å². The van der Waals surface area contributed by atoms with Gasteiger partial charge in [-0.15, -0.1) is 0 Å². The summed E-state index contributed by atoms with van der Waals surface area (Å²) in [5.41, 5.74) is 5.07. The van der Waals surface area contributed by atoms with Crippen molar-refractivity contribution in [3.63, 3.8) is 0 Å². The largest absolute Gasteiger partial charge is 0.351 e. The van der Waals surface area contributed by atoms with Gasteiger partial charge in [-0.25, -0.2) is 17.5 Å². The molecule has 0 aliphatic carbocycles. The fraction of sp³-hybridized carbons (Fsp3) is 0.300. The molecule has 0 unspecified atom stereocenters. The summed E-state index contributed by atoms with van der Waals surface area (Å²) >= 11 is 0. The maximum Gasteiger partial charge on any atom is 0.328 e. The number of hydrogen-bond acceptors (Lipinski definition) is 3. The van der Waals surface area contributed by atoms with Crippen LogP contribution in [0.15, 0.2) is 35.2 Å². The lowest BCUT2D eigenvalue weighted by atomic mass is 10.4. The molecule has 0 aliphatic heterocycles. The molecule has 1 rings (SSSR count). The van der Waals surface area contributed by atoms with E-state index in [4.69, 9.17) is 5.73 Å². The first-order chi connectivity index (χ1) is 7.37. The molecular formula is C10H14N2O3S. The van der Waals surface area contributed by atoms with E-state index in [1.54, 1.807) is 32.0 Å². The van der Waals surface area contributed by atoms with E-state index in [9.17, 15) is 13.2 Å². The van der Waals surface area contributed by atoms with E-state index < -0.39 is 22.1 Å². The van der Waals surface area contributed by atoms with Crippen LogP contribution in [0, 0.1) is 0 Å². The maximum atomic E-state index is 12.0. The van der Waals surface area contributed by atoms with Gasteiger partial charge in [-0.2, -0.15) is 0 Å². The highest BCUT2D eigenvalue weighted by molar-refractivity contribution is 7.89. The molecule has 0 aromatic heterocycles. The molecule has 2 N–H and O–H groups in total. The number of amides is 2. The standard InChI is InChI=1S/C10H14N2O3S/c1-8(2)12(10(11)13)16(14,15)9-6-4-3-5-7-9/h3-8H,1-2H3,(H2,11,13). The molecule has 16 heavy (non-hydrogen) atoms. The highest BCUT2D eigenvalue weighted by Gasteiger charge is 2.29. The molecule has 6 heteroatoms. The Morgan fingerprint density at radius 2 is 1.75 bits per heavy atom. The number of carbonyl (C=O) groups is 1. The van der Waals surface area contributed by atoms with Crippen molar-refractivity contribution >= 4 is 16.1 Å². The highest BCUT2D eigenvalue weighted by Crippen LogP contribution is 2.17. The van der Waals surface area contributed by atoms with Crippen LogP contribution in [0.5, 0.6) is 0 Å². The van der Waals surface area contributed by atoms with Gasteiger partial charge in [0.2, 0.25) is 0 Å². The van der Waals surface area contributed by atoms with Crippen LogP contribution in [0.2, 0.25) is 0 Å². The van der Waals surface area contributed by atoms with Gasteiger partial charge in [0.05, 0.1) is 4.90 Å². The number of benzene rings is 1. The summed E-state index contributed by atoms with van der Waals surface area (Å²) in [5, 5.41) is 0. The van der Waals surface area contributed by atoms with Gasteiger partial charge in [0.15, 0.2) is 0 Å². The molecule has 88 valence electrons. The molecule has 0 fully saturated rings. The summed E-state index contributed by atoms with van der Waals surface area (Å²) < 4.78 is 24.7. The first-order valence-corrected chi connectivity index (χ1v) is 6.20. The Morgan fingerprint density at radius 1 is 1.25 bits per heavy atom. The number of carbonyl (C=O) groups excluding carboxylic acids is 1. The Bertz CT molecular complexity index is 468. The molecule has 0 heterocycles. The second kappa shape index (κ2) is 4.52. The normalized spacial score (nSPS) is 11.4. The number of nitrogens with zero attached hydrogens (tertiary/aromatic N) is 1. The number of urea groups is 1. The van der Waals surface area contributed by atoms with Crippen LogP contribution in [-0.4, -0.2) is 24.8 Å². The zero-order valence-electron chi connectivity index (χ0n) is 9.12. The summed E-state index contributed by atoms with van der Waals surface area (Å²) in [5.74, 6) is 0. The van der Waals surface area contributed by atoms with Gasteiger partial charge in [-0.3, -0.25) is 0 Å². The minimum atomic E-state index is -3.84. The lowest BCUT2D eigenvalue weighted by molar-refractivity contribution is 0.225. The van der Waals surface area contributed by atoms with E-state index in [2.05, 4.69) is 0 Å². The van der Waals surface area contributed by atoms with E-state index in [0.717, 1.165) is 0 Å². The number of primary amides is 1. The minimum absolute atomic E-state index is 0.0579. The highest BCUT2D eigenvalue weighted by atomic mass is 32.2. The zero-order valence-corrected chi connectivity index (χ0v) is 9.94. The predicted molar refractivity (Wildman–Crippen MR) is 60.2 cm³/mol.